The molecule has 0 unspecified atom stereocenters. The molecule has 0 aromatic carbocycles. The minimum atomic E-state index is -0.324. The monoisotopic (exact) mass is 394 g/mol. The Bertz CT molecular complexity index is 834. The molecule has 0 atom stereocenters. The van der Waals surface area contributed by atoms with Gasteiger partial charge in [0.1, 0.15) is 6.61 Å². The first kappa shape index (κ1) is 22.7. The van der Waals surface area contributed by atoms with Gasteiger partial charge in [0.25, 0.3) is 0 Å². The molecular weight excluding hydrogens is 360 g/mol. The van der Waals surface area contributed by atoms with Gasteiger partial charge in [-0.2, -0.15) is 0 Å². The van der Waals surface area contributed by atoms with Crippen LogP contribution in [0.4, 0.5) is 0 Å². The molecule has 156 valence electrons. The predicted molar refractivity (Wildman–Crippen MR) is 119 cm³/mol. The van der Waals surface area contributed by atoms with Crippen molar-refractivity contribution in [3.63, 3.8) is 0 Å². The summed E-state index contributed by atoms with van der Waals surface area (Å²) in [6, 6.07) is 0. The van der Waals surface area contributed by atoms with E-state index in [-0.39, 0.29) is 11.4 Å². The van der Waals surface area contributed by atoms with Crippen molar-refractivity contribution in [2.75, 3.05) is 6.61 Å². The first-order valence-corrected chi connectivity index (χ1v) is 10.3. The molecule has 0 amide bonds. The van der Waals surface area contributed by atoms with E-state index in [1.807, 2.05) is 29.8 Å². The zero-order valence-electron chi connectivity index (χ0n) is 18.4. The van der Waals surface area contributed by atoms with Crippen LogP contribution in [0.5, 0.6) is 0 Å². The molecule has 1 aliphatic rings. The van der Waals surface area contributed by atoms with Gasteiger partial charge in [-0.05, 0) is 56.6 Å². The van der Waals surface area contributed by atoms with Crippen LogP contribution in [0.3, 0.4) is 0 Å². The molecule has 0 saturated heterocycles. The highest BCUT2D eigenvalue weighted by Crippen LogP contribution is 2.40. The molecule has 0 aliphatic heterocycles. The molecular formula is C25H34N2O2. The largest absolute Gasteiger partial charge is 0.461 e. The van der Waals surface area contributed by atoms with Gasteiger partial charge >= 0.3 is 5.97 Å². The summed E-state index contributed by atoms with van der Waals surface area (Å²) in [6.07, 6.45) is 20.9. The van der Waals surface area contributed by atoms with Crippen LogP contribution in [0.25, 0.3) is 0 Å². The molecule has 0 fully saturated rings. The van der Waals surface area contributed by atoms with Crippen LogP contribution in [0.15, 0.2) is 77.5 Å². The number of carbonyl (C=O) groups is 1. The van der Waals surface area contributed by atoms with Crippen LogP contribution in [0.2, 0.25) is 0 Å². The van der Waals surface area contributed by atoms with E-state index in [1.54, 1.807) is 12.5 Å². The van der Waals surface area contributed by atoms with Gasteiger partial charge in [0.05, 0.1) is 12.9 Å². The van der Waals surface area contributed by atoms with Crippen molar-refractivity contribution in [3.05, 3.63) is 77.5 Å². The third kappa shape index (κ3) is 7.72. The number of aromatic nitrogens is 2. The van der Waals surface area contributed by atoms with E-state index in [4.69, 9.17) is 4.74 Å². The lowest BCUT2D eigenvalue weighted by Gasteiger charge is -2.32. The molecule has 4 nitrogen and oxygen atoms in total. The summed E-state index contributed by atoms with van der Waals surface area (Å²) in [4.78, 5) is 15.8. The van der Waals surface area contributed by atoms with Crippen LogP contribution < -0.4 is 0 Å². The van der Waals surface area contributed by atoms with Gasteiger partial charge in [-0.25, -0.2) is 9.78 Å². The van der Waals surface area contributed by atoms with Crippen LogP contribution >= 0.6 is 0 Å². The summed E-state index contributed by atoms with van der Waals surface area (Å²) in [5, 5.41) is 0. The van der Waals surface area contributed by atoms with E-state index in [0.29, 0.717) is 13.2 Å². The summed E-state index contributed by atoms with van der Waals surface area (Å²) in [7, 11) is 0. The Morgan fingerprint density at radius 1 is 1.28 bits per heavy atom. The number of ether oxygens (including phenoxy) is 1. The maximum Gasteiger partial charge on any atom is 0.331 e. The average Bonchev–Trinajstić information content (AvgIpc) is 3.14. The van der Waals surface area contributed by atoms with E-state index < -0.39 is 0 Å². The Kier molecular flexibility index (Phi) is 8.44. The summed E-state index contributed by atoms with van der Waals surface area (Å²) in [6.45, 7) is 11.8. The van der Waals surface area contributed by atoms with Gasteiger partial charge in [-0.1, -0.05) is 55.4 Å². The van der Waals surface area contributed by atoms with Crippen molar-refractivity contribution in [1.82, 2.24) is 9.55 Å². The standard InChI is InChI=1S/C25H34N2O2/c1-20(11-12-23-22(3)10-7-13-25(23,4)5)8-6-9-21(2)18-24(28)29-17-16-27-15-14-26-19-27/h6,8-9,11-12,14-15,18-19H,7,10,13,16-17H2,1-5H3. The van der Waals surface area contributed by atoms with Crippen molar-refractivity contribution in [2.24, 2.45) is 5.41 Å². The summed E-state index contributed by atoms with van der Waals surface area (Å²) in [5.41, 5.74) is 5.27. The number of esters is 1. The van der Waals surface area contributed by atoms with Crippen LogP contribution in [0, 0.1) is 5.41 Å². The molecule has 1 aromatic heterocycles. The number of hydrogen-bond acceptors (Lipinski definition) is 3. The third-order valence-corrected chi connectivity index (χ3v) is 5.27. The molecule has 0 bridgehead atoms. The van der Waals surface area contributed by atoms with Crippen LogP contribution in [0.1, 0.15) is 53.9 Å². The highest BCUT2D eigenvalue weighted by Gasteiger charge is 2.26. The zero-order chi connectivity index (χ0) is 21.3. The summed E-state index contributed by atoms with van der Waals surface area (Å²) in [5.74, 6) is -0.324. The third-order valence-electron chi connectivity index (χ3n) is 5.27. The first-order valence-electron chi connectivity index (χ1n) is 10.3. The molecule has 0 saturated carbocycles. The Morgan fingerprint density at radius 3 is 2.76 bits per heavy atom. The Balaban J connectivity index is 1.85. The molecule has 0 N–H and O–H groups in total. The molecule has 4 heteroatoms. The zero-order valence-corrected chi connectivity index (χ0v) is 18.4. The Morgan fingerprint density at radius 2 is 2.07 bits per heavy atom. The molecule has 1 heterocycles. The SMILES string of the molecule is CC(C=CC1=C(C)CCCC1(C)C)=CC=CC(C)=CC(=O)OCCn1ccnc1. The van der Waals surface area contributed by atoms with Gasteiger partial charge in [-0.3, -0.25) is 0 Å². The predicted octanol–water partition coefficient (Wildman–Crippen LogP) is 5.96. The fourth-order valence-corrected chi connectivity index (χ4v) is 3.58. The Hall–Kier alpha value is -2.62. The lowest BCUT2D eigenvalue weighted by atomic mass is 9.72. The molecule has 0 spiro atoms. The highest BCUT2D eigenvalue weighted by molar-refractivity contribution is 5.83. The molecule has 1 aromatic rings. The molecule has 2 rings (SSSR count). The first-order chi connectivity index (χ1) is 13.8. The lowest BCUT2D eigenvalue weighted by molar-refractivity contribution is -0.138. The summed E-state index contributed by atoms with van der Waals surface area (Å²) >= 11 is 0. The topological polar surface area (TPSA) is 44.1 Å². The van der Waals surface area contributed by atoms with E-state index in [1.165, 1.54) is 42.1 Å². The normalized spacial score (nSPS) is 18.1. The fraction of sp³-hybridized carbons (Fsp3) is 0.440. The minimum Gasteiger partial charge on any atom is -0.461 e. The number of rotatable bonds is 8. The van der Waals surface area contributed by atoms with Gasteiger partial charge < -0.3 is 9.30 Å². The van der Waals surface area contributed by atoms with Crippen molar-refractivity contribution in [2.45, 2.75) is 60.4 Å². The smallest absolute Gasteiger partial charge is 0.331 e. The number of carbonyl (C=O) groups excluding carboxylic acids is 1. The lowest BCUT2D eigenvalue weighted by Crippen LogP contribution is -2.19. The van der Waals surface area contributed by atoms with Crippen molar-refractivity contribution in [1.29, 1.82) is 0 Å². The highest BCUT2D eigenvalue weighted by atomic mass is 16.5. The van der Waals surface area contributed by atoms with Gasteiger partial charge in [-0.15, -0.1) is 0 Å². The molecule has 0 radical (unpaired) electrons. The van der Waals surface area contributed by atoms with Crippen molar-refractivity contribution in [3.8, 4) is 0 Å². The quantitative estimate of drug-likeness (QED) is 0.310. The fourth-order valence-electron chi connectivity index (χ4n) is 3.58. The second-order valence-corrected chi connectivity index (χ2v) is 8.39. The van der Waals surface area contributed by atoms with Gasteiger partial charge in [0, 0.05) is 18.5 Å². The maximum absolute atomic E-state index is 11.9. The van der Waals surface area contributed by atoms with Gasteiger partial charge in [0.15, 0.2) is 0 Å². The number of nitrogens with zero attached hydrogens (tertiary/aromatic N) is 2. The molecule has 1 aliphatic carbocycles. The van der Waals surface area contributed by atoms with Crippen LogP contribution in [-0.2, 0) is 16.1 Å². The van der Waals surface area contributed by atoms with E-state index in [9.17, 15) is 4.79 Å². The number of hydrogen-bond donors (Lipinski definition) is 0. The maximum atomic E-state index is 11.9. The van der Waals surface area contributed by atoms with Crippen LogP contribution in [-0.4, -0.2) is 22.1 Å². The number of imidazole rings is 1. The van der Waals surface area contributed by atoms with E-state index in [0.717, 1.165) is 5.57 Å². The van der Waals surface area contributed by atoms with E-state index in [2.05, 4.69) is 50.9 Å². The minimum absolute atomic E-state index is 0.256. The van der Waals surface area contributed by atoms with Crippen molar-refractivity contribution >= 4 is 5.97 Å². The van der Waals surface area contributed by atoms with Crippen molar-refractivity contribution < 1.29 is 9.53 Å². The molecule has 29 heavy (non-hydrogen) atoms. The second-order valence-electron chi connectivity index (χ2n) is 8.39. The Labute approximate surface area is 175 Å². The van der Waals surface area contributed by atoms with E-state index >= 15 is 0 Å². The average molecular weight is 395 g/mol. The summed E-state index contributed by atoms with van der Waals surface area (Å²) < 4.78 is 7.09. The number of allylic oxidation sites excluding steroid dienone is 9. The van der Waals surface area contributed by atoms with Gasteiger partial charge in [0.2, 0.25) is 0 Å². The second kappa shape index (κ2) is 10.8.